The van der Waals surface area contributed by atoms with Crippen molar-refractivity contribution in [1.29, 1.82) is 0 Å². The number of benzene rings is 2. The van der Waals surface area contributed by atoms with Crippen LogP contribution in [-0.2, 0) is 9.59 Å². The third kappa shape index (κ3) is 8.71. The summed E-state index contributed by atoms with van der Waals surface area (Å²) in [7, 11) is 3.90. The van der Waals surface area contributed by atoms with Gasteiger partial charge in [-0.2, -0.15) is 0 Å². The first-order valence-electron chi connectivity index (χ1n) is 13.4. The van der Waals surface area contributed by atoms with E-state index >= 15 is 0 Å². The molecule has 11 heteroatoms. The number of aliphatic carboxylic acids is 1. The number of carboxylic acid groups (broad SMARTS) is 1. The molecule has 0 radical (unpaired) electrons. The van der Waals surface area contributed by atoms with Crippen LogP contribution in [0.1, 0.15) is 48.4 Å². The maximum Gasteiger partial charge on any atom is 0.326 e. The van der Waals surface area contributed by atoms with Gasteiger partial charge in [0.2, 0.25) is 5.91 Å². The van der Waals surface area contributed by atoms with Crippen LogP contribution in [0.4, 0.5) is 4.39 Å². The highest BCUT2D eigenvalue weighted by Gasteiger charge is 2.32. The van der Waals surface area contributed by atoms with E-state index in [4.69, 9.17) is 11.5 Å². The molecule has 0 aromatic heterocycles. The fourth-order valence-corrected chi connectivity index (χ4v) is 4.98. The molecule has 2 aromatic rings. The number of aliphatic imine (C=N–C) groups is 1. The maximum atomic E-state index is 13.7. The number of aliphatic hydroxyl groups is 2. The van der Waals surface area contributed by atoms with Gasteiger partial charge < -0.3 is 32.1 Å². The molecule has 10 nitrogen and oxygen atoms in total. The van der Waals surface area contributed by atoms with Gasteiger partial charge in [-0.3, -0.25) is 14.7 Å². The number of amides is 1. The molecule has 0 heterocycles. The molecule has 1 aliphatic carbocycles. The standard InChI is InChI=1S/C30H38FN5O5/c1-36(2)28-23-7-4-3-6-22(23)27(18-9-11-19(31)12-10-18)24(28)14-13-20(37)16-21(38)17-26(39)35-25(29(40)41)8-5-15-34-30(32)33/h3-4,6-7,9-14,20-21,25,28,37-38H,5,8,15-17H2,1-2H3,(H,35,39)(H,40,41)(H4,32,33,34)/b14-13+/t20-,21-,25+,28?/m0/s1. The normalized spacial score (nSPS) is 16.9. The molecule has 0 bridgehead atoms. The summed E-state index contributed by atoms with van der Waals surface area (Å²) in [6.45, 7) is 0.224. The number of hydrogen-bond acceptors (Lipinski definition) is 6. The average Bonchev–Trinajstić information content (AvgIpc) is 3.23. The van der Waals surface area contributed by atoms with Crippen molar-refractivity contribution in [3.8, 4) is 0 Å². The molecule has 2 aromatic carbocycles. The smallest absolute Gasteiger partial charge is 0.326 e. The minimum atomic E-state index is -1.21. The number of fused-ring (bicyclic) bond motifs is 1. The molecule has 41 heavy (non-hydrogen) atoms. The second-order valence-corrected chi connectivity index (χ2v) is 10.2. The first kappa shape index (κ1) is 31.5. The zero-order chi connectivity index (χ0) is 30.1. The number of hydrogen-bond donors (Lipinski definition) is 6. The van der Waals surface area contributed by atoms with Crippen LogP contribution in [0.15, 0.2) is 71.2 Å². The molecule has 0 spiro atoms. The van der Waals surface area contributed by atoms with Gasteiger partial charge in [-0.25, -0.2) is 9.18 Å². The number of aliphatic hydroxyl groups excluding tert-OH is 2. The van der Waals surface area contributed by atoms with Crippen LogP contribution < -0.4 is 16.8 Å². The van der Waals surface area contributed by atoms with E-state index in [1.807, 2.05) is 38.4 Å². The van der Waals surface area contributed by atoms with Crippen molar-refractivity contribution in [3.05, 3.63) is 88.8 Å². The van der Waals surface area contributed by atoms with Crippen LogP contribution in [0.5, 0.6) is 0 Å². The lowest BCUT2D eigenvalue weighted by molar-refractivity contribution is -0.142. The second-order valence-electron chi connectivity index (χ2n) is 10.2. The van der Waals surface area contributed by atoms with Crippen molar-refractivity contribution in [2.24, 2.45) is 16.5 Å². The van der Waals surface area contributed by atoms with E-state index in [1.54, 1.807) is 24.3 Å². The molecule has 0 aliphatic heterocycles. The van der Waals surface area contributed by atoms with Gasteiger partial charge in [0, 0.05) is 13.0 Å². The Morgan fingerprint density at radius 1 is 1.12 bits per heavy atom. The van der Waals surface area contributed by atoms with Crippen LogP contribution in [0, 0.1) is 5.82 Å². The van der Waals surface area contributed by atoms with Crippen molar-refractivity contribution in [2.45, 2.75) is 50.0 Å². The van der Waals surface area contributed by atoms with Gasteiger partial charge in [0.1, 0.15) is 11.9 Å². The Bertz CT molecular complexity index is 1300. The highest BCUT2D eigenvalue weighted by atomic mass is 19.1. The fraction of sp³-hybridized carbons (Fsp3) is 0.367. The lowest BCUT2D eigenvalue weighted by Gasteiger charge is -2.23. The van der Waals surface area contributed by atoms with Crippen LogP contribution in [0.25, 0.3) is 5.57 Å². The number of nitrogens with two attached hydrogens (primary N) is 2. The molecule has 1 unspecified atom stereocenters. The number of nitrogens with one attached hydrogen (secondary N) is 1. The molecule has 0 fully saturated rings. The van der Waals surface area contributed by atoms with E-state index in [9.17, 15) is 29.3 Å². The molecule has 220 valence electrons. The van der Waals surface area contributed by atoms with Gasteiger partial charge in [0.05, 0.1) is 24.7 Å². The molecular weight excluding hydrogens is 529 g/mol. The lowest BCUT2D eigenvalue weighted by atomic mass is 9.96. The lowest BCUT2D eigenvalue weighted by Crippen LogP contribution is -2.42. The summed E-state index contributed by atoms with van der Waals surface area (Å²) < 4.78 is 13.7. The largest absolute Gasteiger partial charge is 0.480 e. The first-order valence-corrected chi connectivity index (χ1v) is 13.4. The summed E-state index contributed by atoms with van der Waals surface area (Å²) in [5.41, 5.74) is 15.2. The highest BCUT2D eigenvalue weighted by Crippen LogP contribution is 2.46. The van der Waals surface area contributed by atoms with E-state index in [2.05, 4.69) is 15.2 Å². The van der Waals surface area contributed by atoms with Crippen LogP contribution in [0.3, 0.4) is 0 Å². The van der Waals surface area contributed by atoms with Crippen LogP contribution in [-0.4, -0.2) is 76.9 Å². The minimum Gasteiger partial charge on any atom is -0.480 e. The number of likely N-dealkylation sites (N-methyl/N-ethyl adjacent to an activating group) is 1. The molecule has 4 atom stereocenters. The summed E-state index contributed by atoms with van der Waals surface area (Å²) in [6.07, 6.45) is 1.02. The van der Waals surface area contributed by atoms with Crippen molar-refractivity contribution in [3.63, 3.8) is 0 Å². The van der Waals surface area contributed by atoms with E-state index in [0.717, 1.165) is 27.8 Å². The Morgan fingerprint density at radius 3 is 2.44 bits per heavy atom. The predicted octanol–water partition coefficient (Wildman–Crippen LogP) is 1.93. The van der Waals surface area contributed by atoms with Crippen molar-refractivity contribution < 1.29 is 29.3 Å². The van der Waals surface area contributed by atoms with Crippen molar-refractivity contribution >= 4 is 23.4 Å². The second kappa shape index (κ2) is 14.5. The van der Waals surface area contributed by atoms with Gasteiger partial charge >= 0.3 is 5.97 Å². The van der Waals surface area contributed by atoms with E-state index in [0.29, 0.717) is 6.42 Å². The van der Waals surface area contributed by atoms with Crippen molar-refractivity contribution in [2.75, 3.05) is 20.6 Å². The zero-order valence-electron chi connectivity index (χ0n) is 23.2. The van der Waals surface area contributed by atoms with E-state index in [-0.39, 0.29) is 43.6 Å². The molecule has 3 rings (SSSR count). The Hall–Kier alpha value is -4.06. The molecule has 0 saturated heterocycles. The summed E-state index contributed by atoms with van der Waals surface area (Å²) in [5, 5.41) is 32.9. The molecule has 1 aliphatic rings. The summed E-state index contributed by atoms with van der Waals surface area (Å²) >= 11 is 0. The third-order valence-corrected chi connectivity index (χ3v) is 6.77. The Morgan fingerprint density at radius 2 is 1.80 bits per heavy atom. The first-order chi connectivity index (χ1) is 19.5. The number of carbonyl (C=O) groups excluding carboxylic acids is 1. The number of guanidine groups is 1. The monoisotopic (exact) mass is 567 g/mol. The number of carbonyl (C=O) groups is 2. The van der Waals surface area contributed by atoms with Gasteiger partial charge in [-0.05, 0) is 66.9 Å². The number of halogens is 1. The van der Waals surface area contributed by atoms with Gasteiger partial charge in [0.25, 0.3) is 0 Å². The SMILES string of the molecule is CN(C)C1C(/C=C/[C@H](O)C[C@H](O)CC(=O)N[C@H](CCCN=C(N)N)C(=O)O)=C(c2ccc(F)cc2)c2ccccc21. The van der Waals surface area contributed by atoms with E-state index < -0.39 is 30.1 Å². The summed E-state index contributed by atoms with van der Waals surface area (Å²) in [5.74, 6) is -2.30. The summed E-state index contributed by atoms with van der Waals surface area (Å²) in [6, 6.07) is 12.9. The number of nitrogens with zero attached hydrogens (tertiary/aromatic N) is 2. The minimum absolute atomic E-state index is 0.102. The van der Waals surface area contributed by atoms with Crippen LogP contribution in [0.2, 0.25) is 0 Å². The molecular formula is C30H38FN5O5. The number of carboxylic acids is 1. The third-order valence-electron chi connectivity index (χ3n) is 6.77. The average molecular weight is 568 g/mol. The zero-order valence-corrected chi connectivity index (χ0v) is 23.2. The predicted molar refractivity (Wildman–Crippen MR) is 155 cm³/mol. The fourth-order valence-electron chi connectivity index (χ4n) is 4.98. The highest BCUT2D eigenvalue weighted by molar-refractivity contribution is 5.90. The molecule has 0 saturated carbocycles. The summed E-state index contributed by atoms with van der Waals surface area (Å²) in [4.78, 5) is 29.7. The molecule has 1 amide bonds. The van der Waals surface area contributed by atoms with Gasteiger partial charge in [0.15, 0.2) is 5.96 Å². The topological polar surface area (TPSA) is 174 Å². The Labute approximate surface area is 238 Å². The number of rotatable bonds is 14. The van der Waals surface area contributed by atoms with E-state index in [1.165, 1.54) is 12.1 Å². The van der Waals surface area contributed by atoms with Gasteiger partial charge in [-0.1, -0.05) is 48.6 Å². The van der Waals surface area contributed by atoms with Crippen molar-refractivity contribution in [1.82, 2.24) is 10.2 Å². The quantitative estimate of drug-likeness (QED) is 0.114. The van der Waals surface area contributed by atoms with Gasteiger partial charge in [-0.15, -0.1) is 0 Å². The maximum absolute atomic E-state index is 13.7. The molecule has 8 N–H and O–H groups in total. The Kier molecular flexibility index (Phi) is 11.2. The van der Waals surface area contributed by atoms with Crippen LogP contribution >= 0.6 is 0 Å². The Balaban J connectivity index is 1.70.